The highest BCUT2D eigenvalue weighted by molar-refractivity contribution is 14.1. The minimum Gasteiger partial charge on any atom is -0.299 e. The van der Waals surface area contributed by atoms with E-state index in [-0.39, 0.29) is 0 Å². The highest BCUT2D eigenvalue weighted by atomic mass is 127. The molecule has 0 heterocycles. The Hall–Kier alpha value is -0.0900. The average Bonchev–Trinajstić information content (AvgIpc) is 2.58. The highest BCUT2D eigenvalue weighted by Gasteiger charge is 2.21. The van der Waals surface area contributed by atoms with Gasteiger partial charge in [-0.3, -0.25) is 4.90 Å². The van der Waals surface area contributed by atoms with Gasteiger partial charge >= 0.3 is 0 Å². The van der Waals surface area contributed by atoms with Crippen molar-refractivity contribution in [3.63, 3.8) is 0 Å². The first-order valence-corrected chi connectivity index (χ1v) is 11.3. The van der Waals surface area contributed by atoms with Crippen molar-refractivity contribution in [1.82, 2.24) is 4.90 Å². The van der Waals surface area contributed by atoms with Crippen LogP contribution in [0.25, 0.3) is 0 Å². The monoisotopic (exact) mass is 461 g/mol. The van der Waals surface area contributed by atoms with E-state index in [9.17, 15) is 0 Å². The van der Waals surface area contributed by atoms with Crippen LogP contribution in [0.1, 0.15) is 86.6 Å². The van der Waals surface area contributed by atoms with E-state index in [1.807, 2.05) is 27.7 Å². The summed E-state index contributed by atoms with van der Waals surface area (Å²) in [4.78, 5) is 2.53. The van der Waals surface area contributed by atoms with Gasteiger partial charge in [0.05, 0.1) is 0 Å². The molecule has 0 aromatic heterocycles. The van der Waals surface area contributed by atoms with Crippen molar-refractivity contribution in [2.24, 2.45) is 5.92 Å². The second-order valence-electron chi connectivity index (χ2n) is 7.38. The van der Waals surface area contributed by atoms with Gasteiger partial charge in [-0.05, 0) is 44.2 Å². The molecule has 0 unspecified atom stereocenters. The summed E-state index contributed by atoms with van der Waals surface area (Å²) in [6, 6.07) is 11.6. The van der Waals surface area contributed by atoms with E-state index in [0.717, 1.165) is 18.5 Å². The molecule has 1 aromatic carbocycles. The Morgan fingerprint density at radius 2 is 1.32 bits per heavy atom. The lowest BCUT2D eigenvalue weighted by atomic mass is 9.86. The Balaban J connectivity index is 0. The number of halogens is 1. The molecule has 1 nitrogen and oxygen atoms in total. The summed E-state index contributed by atoms with van der Waals surface area (Å²) in [5, 5.41) is 0. The predicted molar refractivity (Wildman–Crippen MR) is 126 cm³/mol. The summed E-state index contributed by atoms with van der Waals surface area (Å²) in [5.74, 6) is 0.946. The molecule has 1 aliphatic carbocycles. The smallest absolute Gasteiger partial charge is 0.0233 e. The molecule has 2 rings (SSSR count). The number of benzene rings is 1. The zero-order chi connectivity index (χ0) is 19.9. The molecular formula is C23H44IN. The van der Waals surface area contributed by atoms with E-state index in [2.05, 4.69) is 92.6 Å². The molecule has 1 aromatic rings. The molecule has 2 heteroatoms. The van der Waals surface area contributed by atoms with Gasteiger partial charge in [-0.15, -0.1) is 0 Å². The number of nitrogens with zero attached hydrogens (tertiary/aromatic N) is 1. The van der Waals surface area contributed by atoms with Crippen LogP contribution >= 0.6 is 22.6 Å². The second-order valence-corrected chi connectivity index (χ2v) is 10.6. The Kier molecular flexibility index (Phi) is 17.5. The van der Waals surface area contributed by atoms with Crippen molar-refractivity contribution < 1.29 is 0 Å². The van der Waals surface area contributed by atoms with Gasteiger partial charge < -0.3 is 0 Å². The summed E-state index contributed by atoms with van der Waals surface area (Å²) in [6.07, 6.45) is 5.57. The molecule has 0 aliphatic heterocycles. The topological polar surface area (TPSA) is 3.24 Å². The van der Waals surface area contributed by atoms with Gasteiger partial charge in [0, 0.05) is 16.0 Å². The van der Waals surface area contributed by atoms with Gasteiger partial charge in [0.15, 0.2) is 0 Å². The van der Waals surface area contributed by atoms with Crippen LogP contribution in [0, 0.1) is 5.92 Å². The Labute approximate surface area is 173 Å². The third-order valence-corrected chi connectivity index (χ3v) is 3.88. The van der Waals surface area contributed by atoms with Crippen LogP contribution in [-0.2, 0) is 6.54 Å². The largest absolute Gasteiger partial charge is 0.299 e. The summed E-state index contributed by atoms with van der Waals surface area (Å²) in [6.45, 7) is 18.0. The van der Waals surface area contributed by atoms with E-state index >= 15 is 0 Å². The SMILES string of the molecule is CC.CC.CC(C)(C)I.CC1CCC(N(C)Cc2ccccc2)CC1. The van der Waals surface area contributed by atoms with Gasteiger partial charge in [-0.25, -0.2) is 0 Å². The number of rotatable bonds is 3. The first-order valence-electron chi connectivity index (χ1n) is 10.2. The van der Waals surface area contributed by atoms with Crippen LogP contribution in [0.5, 0.6) is 0 Å². The molecule has 1 fully saturated rings. The van der Waals surface area contributed by atoms with Crippen LogP contribution in [0.3, 0.4) is 0 Å². The summed E-state index contributed by atoms with van der Waals surface area (Å²) in [7, 11) is 2.27. The van der Waals surface area contributed by atoms with Crippen molar-refractivity contribution >= 4 is 22.6 Å². The molecule has 0 amide bonds. The van der Waals surface area contributed by atoms with Crippen molar-refractivity contribution in [3.05, 3.63) is 35.9 Å². The fraction of sp³-hybridized carbons (Fsp3) is 0.739. The van der Waals surface area contributed by atoms with E-state index in [1.165, 1.54) is 31.2 Å². The number of alkyl halides is 1. The van der Waals surface area contributed by atoms with E-state index in [4.69, 9.17) is 0 Å². The second kappa shape index (κ2) is 16.1. The molecule has 0 spiro atoms. The summed E-state index contributed by atoms with van der Waals surface area (Å²) >= 11 is 2.38. The van der Waals surface area contributed by atoms with E-state index in [0.29, 0.717) is 3.42 Å². The molecule has 0 saturated heterocycles. The average molecular weight is 462 g/mol. The van der Waals surface area contributed by atoms with Crippen molar-refractivity contribution in [2.45, 2.75) is 97.1 Å². The maximum absolute atomic E-state index is 2.53. The fourth-order valence-electron chi connectivity index (χ4n) is 2.68. The molecule has 1 saturated carbocycles. The first kappa shape index (κ1) is 27.1. The summed E-state index contributed by atoms with van der Waals surface area (Å²) in [5.41, 5.74) is 1.43. The van der Waals surface area contributed by atoms with Crippen molar-refractivity contribution in [2.75, 3.05) is 7.05 Å². The minimum atomic E-state index is 0.470. The third kappa shape index (κ3) is 17.1. The quantitative estimate of drug-likeness (QED) is 0.326. The molecule has 1 aliphatic rings. The van der Waals surface area contributed by atoms with Gasteiger partial charge in [0.1, 0.15) is 0 Å². The lowest BCUT2D eigenvalue weighted by Crippen LogP contribution is -2.34. The lowest BCUT2D eigenvalue weighted by molar-refractivity contribution is 0.164. The number of hydrogen-bond donors (Lipinski definition) is 0. The van der Waals surface area contributed by atoms with Gasteiger partial charge in [-0.1, -0.05) is 108 Å². The highest BCUT2D eigenvalue weighted by Crippen LogP contribution is 2.27. The first-order chi connectivity index (χ1) is 11.8. The maximum Gasteiger partial charge on any atom is 0.0233 e. The minimum absolute atomic E-state index is 0.470. The molecule has 148 valence electrons. The van der Waals surface area contributed by atoms with Gasteiger partial charge in [-0.2, -0.15) is 0 Å². The Morgan fingerprint density at radius 3 is 1.72 bits per heavy atom. The van der Waals surface area contributed by atoms with Gasteiger partial charge in [0.25, 0.3) is 0 Å². The van der Waals surface area contributed by atoms with Crippen LogP contribution in [-0.4, -0.2) is 21.4 Å². The molecule has 0 atom stereocenters. The van der Waals surface area contributed by atoms with Crippen LogP contribution in [0.2, 0.25) is 0 Å². The Morgan fingerprint density at radius 1 is 0.920 bits per heavy atom. The zero-order valence-corrected chi connectivity index (χ0v) is 20.6. The third-order valence-electron chi connectivity index (χ3n) is 3.88. The van der Waals surface area contributed by atoms with E-state index in [1.54, 1.807) is 0 Å². The van der Waals surface area contributed by atoms with E-state index < -0.39 is 0 Å². The molecular weight excluding hydrogens is 417 g/mol. The van der Waals surface area contributed by atoms with Gasteiger partial charge in [0.2, 0.25) is 0 Å². The number of hydrogen-bond acceptors (Lipinski definition) is 1. The van der Waals surface area contributed by atoms with Crippen molar-refractivity contribution in [1.29, 1.82) is 0 Å². The van der Waals surface area contributed by atoms with Crippen LogP contribution < -0.4 is 0 Å². The zero-order valence-electron chi connectivity index (χ0n) is 18.4. The summed E-state index contributed by atoms with van der Waals surface area (Å²) < 4.78 is 0.470. The lowest BCUT2D eigenvalue weighted by Gasteiger charge is -2.33. The van der Waals surface area contributed by atoms with Crippen molar-refractivity contribution in [3.8, 4) is 0 Å². The fourth-order valence-corrected chi connectivity index (χ4v) is 2.68. The molecule has 0 radical (unpaired) electrons. The predicted octanol–water partition coefficient (Wildman–Crippen LogP) is 7.97. The molecule has 25 heavy (non-hydrogen) atoms. The molecule has 0 bridgehead atoms. The standard InChI is InChI=1S/C15H23N.C4H9I.2C2H6/c1-13-8-10-15(11-9-13)16(2)12-14-6-4-3-5-7-14;1-4(2,3)5;2*1-2/h3-7,13,15H,8-12H2,1-2H3;1-3H3;2*1-2H3. The maximum atomic E-state index is 2.53. The van der Waals surface area contributed by atoms with Crippen LogP contribution in [0.15, 0.2) is 30.3 Å². The van der Waals surface area contributed by atoms with Crippen LogP contribution in [0.4, 0.5) is 0 Å². The normalized spacial score (nSPS) is 19.5. The molecule has 0 N–H and O–H groups in total. The Bertz CT molecular complexity index is 369.